The molecule has 0 bridgehead atoms. The van der Waals surface area contributed by atoms with Crippen LogP contribution in [0.2, 0.25) is 0 Å². The van der Waals surface area contributed by atoms with Crippen LogP contribution in [0.3, 0.4) is 0 Å². The van der Waals surface area contributed by atoms with Crippen molar-refractivity contribution in [2.45, 2.75) is 0 Å². The lowest BCUT2D eigenvalue weighted by molar-refractivity contribution is 0.465. The molecule has 0 radical (unpaired) electrons. The quantitative estimate of drug-likeness (QED) is 0.767. The molecule has 2 N–H and O–H groups in total. The minimum absolute atomic E-state index is 0.214. The highest BCUT2D eigenvalue weighted by Crippen LogP contribution is 2.26. The van der Waals surface area contributed by atoms with Gasteiger partial charge in [-0.1, -0.05) is 18.2 Å². The number of anilines is 1. The molecule has 0 aliphatic carbocycles. The lowest BCUT2D eigenvalue weighted by atomic mass is 10.2. The van der Waals surface area contributed by atoms with Crippen LogP contribution in [-0.2, 0) is 0 Å². The molecule has 5 nitrogen and oxygen atoms in total. The average molecular weight is 262 g/mol. The zero-order valence-corrected chi connectivity index (χ0v) is 10.4. The van der Waals surface area contributed by atoms with Crippen molar-refractivity contribution in [3.8, 4) is 17.7 Å². The number of nitrogens with two attached hydrogens (primary N) is 1. The lowest BCUT2D eigenvalue weighted by Crippen LogP contribution is -1.99. The van der Waals surface area contributed by atoms with E-state index in [1.54, 1.807) is 24.3 Å². The van der Waals surface area contributed by atoms with Crippen molar-refractivity contribution < 1.29 is 4.74 Å². The minimum atomic E-state index is 0.214. The van der Waals surface area contributed by atoms with Gasteiger partial charge in [0.1, 0.15) is 5.75 Å². The number of rotatable bonds is 2. The molecular formula is C15H10N4O. The van der Waals surface area contributed by atoms with Crippen LogP contribution < -0.4 is 10.5 Å². The number of nitriles is 1. The van der Waals surface area contributed by atoms with E-state index in [0.29, 0.717) is 22.3 Å². The number of benzene rings is 2. The van der Waals surface area contributed by atoms with Gasteiger partial charge in [-0.15, -0.1) is 0 Å². The summed E-state index contributed by atoms with van der Waals surface area (Å²) in [7, 11) is 0. The van der Waals surface area contributed by atoms with Gasteiger partial charge in [-0.3, -0.25) is 0 Å². The van der Waals surface area contributed by atoms with Crippen molar-refractivity contribution in [3.05, 3.63) is 54.1 Å². The van der Waals surface area contributed by atoms with Crippen LogP contribution in [0.15, 0.2) is 48.5 Å². The summed E-state index contributed by atoms with van der Waals surface area (Å²) < 4.78 is 5.61. The zero-order valence-electron chi connectivity index (χ0n) is 10.4. The zero-order chi connectivity index (χ0) is 13.9. The second kappa shape index (κ2) is 4.86. The van der Waals surface area contributed by atoms with Crippen molar-refractivity contribution in [3.63, 3.8) is 0 Å². The number of hydrogen-bond acceptors (Lipinski definition) is 5. The Labute approximate surface area is 115 Å². The monoisotopic (exact) mass is 262 g/mol. The molecular weight excluding hydrogens is 252 g/mol. The summed E-state index contributed by atoms with van der Waals surface area (Å²) in [6.45, 7) is 0. The van der Waals surface area contributed by atoms with Gasteiger partial charge in [0.2, 0.25) is 0 Å². The molecule has 1 heterocycles. The summed E-state index contributed by atoms with van der Waals surface area (Å²) in [5.41, 5.74) is 7.76. The summed E-state index contributed by atoms with van der Waals surface area (Å²) in [4.78, 5) is 8.57. The summed E-state index contributed by atoms with van der Waals surface area (Å²) in [6, 6.07) is 16.2. The summed E-state index contributed by atoms with van der Waals surface area (Å²) in [5.74, 6) is 0.949. The van der Waals surface area contributed by atoms with Gasteiger partial charge < -0.3 is 10.5 Å². The standard InChI is InChI=1S/C15H10N4O/c16-9-10-4-3-5-11(8-10)20-15-14(17)18-12-6-1-2-7-13(12)19-15/h1-8H,(H2,17,18). The highest BCUT2D eigenvalue weighted by Gasteiger charge is 2.08. The number of ether oxygens (including phenoxy) is 1. The smallest absolute Gasteiger partial charge is 0.263 e. The number of hydrogen-bond donors (Lipinski definition) is 1. The lowest BCUT2D eigenvalue weighted by Gasteiger charge is -2.08. The Morgan fingerprint density at radius 2 is 1.75 bits per heavy atom. The van der Waals surface area contributed by atoms with Gasteiger partial charge in [0.25, 0.3) is 5.88 Å². The number of para-hydroxylation sites is 2. The van der Waals surface area contributed by atoms with Crippen LogP contribution in [0.1, 0.15) is 5.56 Å². The van der Waals surface area contributed by atoms with E-state index >= 15 is 0 Å². The first kappa shape index (κ1) is 11.9. The predicted octanol–water partition coefficient (Wildman–Crippen LogP) is 2.88. The van der Waals surface area contributed by atoms with E-state index in [2.05, 4.69) is 16.0 Å². The molecule has 3 rings (SSSR count). The Morgan fingerprint density at radius 1 is 1.00 bits per heavy atom. The van der Waals surface area contributed by atoms with E-state index in [1.165, 1.54) is 0 Å². The number of aromatic nitrogens is 2. The molecule has 0 unspecified atom stereocenters. The van der Waals surface area contributed by atoms with E-state index in [1.807, 2.05) is 24.3 Å². The molecule has 0 atom stereocenters. The molecule has 0 saturated heterocycles. The third-order valence-electron chi connectivity index (χ3n) is 2.74. The largest absolute Gasteiger partial charge is 0.436 e. The molecule has 5 heteroatoms. The van der Waals surface area contributed by atoms with E-state index in [9.17, 15) is 0 Å². The SMILES string of the molecule is N#Cc1cccc(Oc2nc3ccccc3nc2N)c1. The van der Waals surface area contributed by atoms with Crippen LogP contribution in [0, 0.1) is 11.3 Å². The normalized spacial score (nSPS) is 10.2. The van der Waals surface area contributed by atoms with Crippen molar-refractivity contribution >= 4 is 16.9 Å². The first-order valence-electron chi connectivity index (χ1n) is 5.96. The highest BCUT2D eigenvalue weighted by molar-refractivity contribution is 5.76. The molecule has 3 aromatic rings. The maximum Gasteiger partial charge on any atom is 0.263 e. The van der Waals surface area contributed by atoms with E-state index in [4.69, 9.17) is 15.7 Å². The van der Waals surface area contributed by atoms with Crippen LogP contribution >= 0.6 is 0 Å². The molecule has 0 amide bonds. The Balaban J connectivity index is 2.01. The van der Waals surface area contributed by atoms with Gasteiger partial charge in [0.15, 0.2) is 5.82 Å². The number of nitrogens with zero attached hydrogens (tertiary/aromatic N) is 3. The van der Waals surface area contributed by atoms with Crippen molar-refractivity contribution in [1.29, 1.82) is 5.26 Å². The third-order valence-corrected chi connectivity index (χ3v) is 2.74. The summed E-state index contributed by atoms with van der Waals surface area (Å²) in [6.07, 6.45) is 0. The second-order valence-electron chi connectivity index (χ2n) is 4.14. The molecule has 96 valence electrons. The molecule has 0 spiro atoms. The fourth-order valence-electron chi connectivity index (χ4n) is 1.81. The number of fused-ring (bicyclic) bond motifs is 1. The molecule has 0 aliphatic rings. The van der Waals surface area contributed by atoms with Crippen molar-refractivity contribution in [2.75, 3.05) is 5.73 Å². The maximum absolute atomic E-state index is 8.87. The average Bonchev–Trinajstić information content (AvgIpc) is 2.48. The van der Waals surface area contributed by atoms with Gasteiger partial charge in [-0.2, -0.15) is 5.26 Å². The van der Waals surface area contributed by atoms with Gasteiger partial charge >= 0.3 is 0 Å². The molecule has 2 aromatic carbocycles. The Morgan fingerprint density at radius 3 is 2.50 bits per heavy atom. The van der Waals surface area contributed by atoms with Crippen LogP contribution in [-0.4, -0.2) is 9.97 Å². The van der Waals surface area contributed by atoms with Gasteiger partial charge in [-0.05, 0) is 30.3 Å². The highest BCUT2D eigenvalue weighted by atomic mass is 16.5. The van der Waals surface area contributed by atoms with Crippen LogP contribution in [0.5, 0.6) is 11.6 Å². The number of nitrogen functional groups attached to an aromatic ring is 1. The fraction of sp³-hybridized carbons (Fsp3) is 0. The summed E-state index contributed by atoms with van der Waals surface area (Å²) in [5, 5.41) is 8.87. The summed E-state index contributed by atoms with van der Waals surface area (Å²) >= 11 is 0. The van der Waals surface area contributed by atoms with Gasteiger partial charge in [0, 0.05) is 0 Å². The van der Waals surface area contributed by atoms with Crippen LogP contribution in [0.4, 0.5) is 5.82 Å². The van der Waals surface area contributed by atoms with Gasteiger partial charge in [0.05, 0.1) is 22.7 Å². The molecule has 0 fully saturated rings. The van der Waals surface area contributed by atoms with E-state index < -0.39 is 0 Å². The predicted molar refractivity (Wildman–Crippen MR) is 75.2 cm³/mol. The Bertz CT molecular complexity index is 823. The fourth-order valence-corrected chi connectivity index (χ4v) is 1.81. The topological polar surface area (TPSA) is 84.8 Å². The van der Waals surface area contributed by atoms with E-state index in [-0.39, 0.29) is 11.7 Å². The Hall–Kier alpha value is -3.13. The van der Waals surface area contributed by atoms with Crippen molar-refractivity contribution in [2.24, 2.45) is 0 Å². The van der Waals surface area contributed by atoms with Crippen LogP contribution in [0.25, 0.3) is 11.0 Å². The molecule has 20 heavy (non-hydrogen) atoms. The second-order valence-corrected chi connectivity index (χ2v) is 4.14. The van der Waals surface area contributed by atoms with Crippen molar-refractivity contribution in [1.82, 2.24) is 9.97 Å². The van der Waals surface area contributed by atoms with E-state index in [0.717, 1.165) is 0 Å². The minimum Gasteiger partial charge on any atom is -0.436 e. The first-order valence-corrected chi connectivity index (χ1v) is 5.96. The maximum atomic E-state index is 8.87. The Kier molecular flexibility index (Phi) is 2.90. The third kappa shape index (κ3) is 2.22. The molecule has 1 aromatic heterocycles. The molecule has 0 saturated carbocycles. The first-order chi connectivity index (χ1) is 9.76. The van der Waals surface area contributed by atoms with Gasteiger partial charge in [-0.25, -0.2) is 9.97 Å². The molecule has 0 aliphatic heterocycles.